The molecule has 94 valence electrons. The minimum Gasteiger partial charge on any atom is -0.413 e. The van der Waals surface area contributed by atoms with Gasteiger partial charge in [0.2, 0.25) is 0 Å². The monoisotopic (exact) mass is 251 g/mol. The van der Waals surface area contributed by atoms with Gasteiger partial charge >= 0.3 is 0 Å². The summed E-state index contributed by atoms with van der Waals surface area (Å²) >= 11 is 0. The van der Waals surface area contributed by atoms with Gasteiger partial charge in [-0.05, 0) is 31.0 Å². The molecule has 0 aliphatic heterocycles. The maximum Gasteiger partial charge on any atom is 0.168 e. The van der Waals surface area contributed by atoms with E-state index < -0.39 is 15.4 Å². The van der Waals surface area contributed by atoms with Gasteiger partial charge in [0.05, 0.1) is 11.3 Å². The van der Waals surface area contributed by atoms with Crippen molar-refractivity contribution in [3.8, 4) is 0 Å². The minimum atomic E-state index is -0.645. The summed E-state index contributed by atoms with van der Waals surface area (Å²) in [7, 11) is -0.645. The molecule has 3 nitrogen and oxygen atoms in total. The fraction of sp³-hybridized carbons (Fsp3) is 0.538. The zero-order valence-corrected chi connectivity index (χ0v) is 12.7. The lowest BCUT2D eigenvalue weighted by Crippen LogP contribution is -2.28. The van der Waals surface area contributed by atoms with Crippen molar-refractivity contribution in [1.29, 1.82) is 0 Å². The van der Waals surface area contributed by atoms with Gasteiger partial charge in [0.1, 0.15) is 5.69 Å². The van der Waals surface area contributed by atoms with Crippen LogP contribution in [0.4, 0.5) is 0 Å². The van der Waals surface area contributed by atoms with Crippen LogP contribution in [0, 0.1) is 0 Å². The van der Waals surface area contributed by atoms with Crippen molar-refractivity contribution in [1.82, 2.24) is 4.98 Å². The van der Waals surface area contributed by atoms with Crippen LogP contribution in [0.3, 0.4) is 0 Å². The predicted molar refractivity (Wildman–Crippen MR) is 72.0 cm³/mol. The molecule has 4 heteroatoms. The Kier molecular flexibility index (Phi) is 4.22. The zero-order valence-electron chi connectivity index (χ0n) is 11.3. The first-order chi connectivity index (χ1) is 7.74. The lowest BCUT2D eigenvalue weighted by Gasteiger charge is -2.29. The number of pyridine rings is 1. The topological polar surface area (TPSA) is 39.2 Å². The van der Waals surface area contributed by atoms with E-state index in [1.54, 1.807) is 6.07 Å². The van der Waals surface area contributed by atoms with Crippen molar-refractivity contribution >= 4 is 16.0 Å². The molecular formula is C13H21NO2Si. The van der Waals surface area contributed by atoms with Gasteiger partial charge in [0.15, 0.2) is 16.0 Å². The highest BCUT2D eigenvalue weighted by Crippen LogP contribution is 2.28. The predicted octanol–water partition coefficient (Wildman–Crippen LogP) is 2.45. The highest BCUT2D eigenvalue weighted by molar-refractivity contribution is 6.31. The average Bonchev–Trinajstić information content (AvgIpc) is 2.26. The van der Waals surface area contributed by atoms with E-state index in [0.717, 1.165) is 12.0 Å². The van der Waals surface area contributed by atoms with Crippen LogP contribution in [-0.4, -0.2) is 21.0 Å². The molecule has 1 rings (SSSR count). The lowest BCUT2D eigenvalue weighted by atomic mass is 10.0. The molecule has 0 N–H and O–H groups in total. The second-order valence-electron chi connectivity index (χ2n) is 5.93. The Balaban J connectivity index is 2.84. The summed E-state index contributed by atoms with van der Waals surface area (Å²) < 4.78 is 6.04. The Morgan fingerprint density at radius 1 is 1.24 bits per heavy atom. The fourth-order valence-electron chi connectivity index (χ4n) is 1.32. The van der Waals surface area contributed by atoms with Crippen molar-refractivity contribution in [2.45, 2.75) is 45.3 Å². The van der Waals surface area contributed by atoms with Crippen LogP contribution in [0.25, 0.3) is 0 Å². The van der Waals surface area contributed by atoms with Gasteiger partial charge < -0.3 is 4.43 Å². The normalized spacial score (nSPS) is 13.2. The molecule has 0 radical (unpaired) electrons. The third-order valence-electron chi connectivity index (χ3n) is 2.37. The minimum absolute atomic E-state index is 0.250. The molecule has 0 bridgehead atoms. The number of carbonyl (C=O) groups excluding carboxylic acids is 1. The smallest absolute Gasteiger partial charge is 0.168 e. The van der Waals surface area contributed by atoms with E-state index in [0.29, 0.717) is 5.69 Å². The van der Waals surface area contributed by atoms with E-state index in [1.165, 1.54) is 0 Å². The van der Waals surface area contributed by atoms with Crippen molar-refractivity contribution in [2.75, 3.05) is 0 Å². The molecule has 1 aromatic heterocycles. The highest BCUT2D eigenvalue weighted by Gasteiger charge is 2.25. The average molecular weight is 251 g/mol. The van der Waals surface area contributed by atoms with Gasteiger partial charge in [-0.2, -0.15) is 0 Å². The molecule has 0 spiro atoms. The number of hydrogen-bond donors (Lipinski definition) is 0. The maximum atomic E-state index is 10.7. The van der Waals surface area contributed by atoms with Gasteiger partial charge in [-0.15, -0.1) is 0 Å². The largest absolute Gasteiger partial charge is 0.413 e. The van der Waals surface area contributed by atoms with Crippen LogP contribution in [-0.2, 0) is 10.0 Å². The van der Waals surface area contributed by atoms with Gasteiger partial charge in [0, 0.05) is 0 Å². The van der Waals surface area contributed by atoms with Crippen LogP contribution in [0.2, 0.25) is 5.04 Å². The number of rotatable bonds is 4. The van der Waals surface area contributed by atoms with E-state index in [-0.39, 0.29) is 5.04 Å². The zero-order chi connectivity index (χ0) is 13.1. The first-order valence-electron chi connectivity index (χ1n) is 5.81. The third-order valence-corrected chi connectivity index (χ3v) is 4.11. The fourth-order valence-corrected chi connectivity index (χ4v) is 2.27. The van der Waals surface area contributed by atoms with Crippen LogP contribution >= 0.6 is 0 Å². The summed E-state index contributed by atoms with van der Waals surface area (Å²) in [5.41, 5.74) is 0.855. The number of carbonyl (C=O) groups is 1. The van der Waals surface area contributed by atoms with Crippen LogP contribution in [0.5, 0.6) is 0 Å². The van der Waals surface area contributed by atoms with Crippen molar-refractivity contribution in [3.63, 3.8) is 0 Å². The Hall–Kier alpha value is -1.00. The first-order valence-corrected chi connectivity index (χ1v) is 7.10. The summed E-state index contributed by atoms with van der Waals surface area (Å²) in [6.45, 7) is 10.6. The summed E-state index contributed by atoms with van der Waals surface area (Å²) in [6.07, 6.45) is 0.765. The van der Waals surface area contributed by atoms with E-state index >= 15 is 0 Å². The second-order valence-corrected chi connectivity index (χ2v) is 8.62. The quantitative estimate of drug-likeness (QED) is 0.609. The van der Waals surface area contributed by atoms with Gasteiger partial charge in [-0.25, -0.2) is 4.98 Å². The molecule has 0 fully saturated rings. The molecule has 0 aliphatic carbocycles. The molecule has 0 aliphatic rings. The van der Waals surface area contributed by atoms with E-state index in [2.05, 4.69) is 25.8 Å². The second kappa shape index (κ2) is 5.10. The van der Waals surface area contributed by atoms with Crippen LogP contribution in [0.15, 0.2) is 18.2 Å². The Morgan fingerprint density at radius 3 is 2.41 bits per heavy atom. The Morgan fingerprint density at radius 2 is 1.88 bits per heavy atom. The molecule has 0 atom stereocenters. The SMILES string of the molecule is CC(C)(C)[SiH2]OC(C)(C)c1cccc(C=O)n1. The Bertz CT molecular complexity index is 397. The Labute approximate surface area is 106 Å². The lowest BCUT2D eigenvalue weighted by molar-refractivity contribution is 0.103. The van der Waals surface area contributed by atoms with Crippen LogP contribution in [0.1, 0.15) is 50.8 Å². The number of aldehydes is 1. The molecule has 0 amide bonds. The molecule has 1 aromatic rings. The number of nitrogens with zero attached hydrogens (tertiary/aromatic N) is 1. The summed E-state index contributed by atoms with van der Waals surface area (Å²) in [4.78, 5) is 15.0. The summed E-state index contributed by atoms with van der Waals surface area (Å²) in [5.74, 6) is 0. The molecule has 0 aromatic carbocycles. The van der Waals surface area contributed by atoms with Gasteiger partial charge in [-0.1, -0.05) is 26.8 Å². The molecule has 0 saturated heterocycles. The standard InChI is InChI=1S/C13H21NO2Si/c1-12(2,3)17-16-13(4,5)11-8-6-7-10(9-15)14-11/h6-9H,17H2,1-5H3. The van der Waals surface area contributed by atoms with Gasteiger partial charge in [0.25, 0.3) is 0 Å². The van der Waals surface area contributed by atoms with E-state index in [4.69, 9.17) is 4.43 Å². The number of aromatic nitrogens is 1. The highest BCUT2D eigenvalue weighted by atomic mass is 28.2. The van der Waals surface area contributed by atoms with Crippen molar-refractivity contribution in [2.24, 2.45) is 0 Å². The summed E-state index contributed by atoms with van der Waals surface area (Å²) in [5, 5.41) is 0.250. The van der Waals surface area contributed by atoms with Gasteiger partial charge in [-0.3, -0.25) is 4.79 Å². The van der Waals surface area contributed by atoms with E-state index in [1.807, 2.05) is 26.0 Å². The number of hydrogen-bond acceptors (Lipinski definition) is 3. The molecule has 1 heterocycles. The molecule has 0 saturated carbocycles. The molecule has 0 unspecified atom stereocenters. The summed E-state index contributed by atoms with van der Waals surface area (Å²) in [6, 6.07) is 5.45. The molecule has 17 heavy (non-hydrogen) atoms. The van der Waals surface area contributed by atoms with Crippen molar-refractivity contribution in [3.05, 3.63) is 29.6 Å². The third kappa shape index (κ3) is 4.40. The van der Waals surface area contributed by atoms with Crippen molar-refractivity contribution < 1.29 is 9.22 Å². The molecular weight excluding hydrogens is 230 g/mol. The first kappa shape index (κ1) is 14.1. The maximum absolute atomic E-state index is 10.7. The van der Waals surface area contributed by atoms with E-state index in [9.17, 15) is 4.79 Å². The van der Waals surface area contributed by atoms with Crippen LogP contribution < -0.4 is 0 Å².